The van der Waals surface area contributed by atoms with E-state index in [9.17, 15) is 4.79 Å². The van der Waals surface area contributed by atoms with Gasteiger partial charge in [0.05, 0.1) is 6.42 Å². The molecule has 6 heteroatoms. The molecule has 3 N–H and O–H groups in total. The van der Waals surface area contributed by atoms with Crippen LogP contribution in [0, 0.1) is 0 Å². The topological polar surface area (TPSA) is 55.1 Å². The van der Waals surface area contributed by atoms with Gasteiger partial charge in [-0.2, -0.15) is 0 Å². The molecule has 1 amide bonds. The first-order valence-electron chi connectivity index (χ1n) is 4.44. The fourth-order valence-electron chi connectivity index (χ4n) is 1.09. The fourth-order valence-corrected chi connectivity index (χ4v) is 1.29. The van der Waals surface area contributed by atoms with Gasteiger partial charge in [0.1, 0.15) is 0 Å². The van der Waals surface area contributed by atoms with E-state index in [1.165, 1.54) is 0 Å². The van der Waals surface area contributed by atoms with E-state index in [0.29, 0.717) is 24.5 Å². The minimum Gasteiger partial charge on any atom is -0.355 e. The van der Waals surface area contributed by atoms with Crippen LogP contribution in [0.4, 0.5) is 0 Å². The van der Waals surface area contributed by atoms with Gasteiger partial charge in [0.15, 0.2) is 0 Å². The molecule has 1 aromatic rings. The van der Waals surface area contributed by atoms with Gasteiger partial charge in [-0.1, -0.05) is 29.8 Å². The summed E-state index contributed by atoms with van der Waals surface area (Å²) in [6, 6.07) is 7.30. The molecule has 0 radical (unpaired) electrons. The Morgan fingerprint density at radius 2 is 1.94 bits per heavy atom. The van der Waals surface area contributed by atoms with Crippen molar-refractivity contribution in [1.29, 1.82) is 0 Å². The van der Waals surface area contributed by atoms with Crippen molar-refractivity contribution in [2.45, 2.75) is 6.42 Å². The minimum atomic E-state index is -0.0523. The van der Waals surface area contributed by atoms with Crippen molar-refractivity contribution in [3.63, 3.8) is 0 Å². The molecule has 0 heterocycles. The lowest BCUT2D eigenvalue weighted by Crippen LogP contribution is -2.30. The smallest absolute Gasteiger partial charge is 0.224 e. The molecule has 0 aliphatic heterocycles. The Balaban J connectivity index is 0. The highest BCUT2D eigenvalue weighted by molar-refractivity contribution is 6.31. The molecule has 0 bridgehead atoms. The van der Waals surface area contributed by atoms with Crippen LogP contribution in [-0.2, 0) is 11.2 Å². The third-order valence-corrected chi connectivity index (χ3v) is 2.14. The maximum Gasteiger partial charge on any atom is 0.224 e. The van der Waals surface area contributed by atoms with Gasteiger partial charge in [-0.3, -0.25) is 4.79 Å². The SMILES string of the molecule is Cl.Cl.NCCNC(=O)Cc1ccccc1Cl. The van der Waals surface area contributed by atoms with Crippen molar-refractivity contribution in [2.24, 2.45) is 5.73 Å². The molecule has 0 fully saturated rings. The van der Waals surface area contributed by atoms with E-state index >= 15 is 0 Å². The Hall–Kier alpha value is -0.480. The van der Waals surface area contributed by atoms with Crippen molar-refractivity contribution < 1.29 is 4.79 Å². The maximum absolute atomic E-state index is 11.3. The van der Waals surface area contributed by atoms with E-state index in [2.05, 4.69) is 5.32 Å². The summed E-state index contributed by atoms with van der Waals surface area (Å²) < 4.78 is 0. The Morgan fingerprint density at radius 3 is 2.50 bits per heavy atom. The molecule has 1 aromatic carbocycles. The molecule has 92 valence electrons. The van der Waals surface area contributed by atoms with Crippen LogP contribution in [0.15, 0.2) is 24.3 Å². The summed E-state index contributed by atoms with van der Waals surface area (Å²) in [5.74, 6) is -0.0523. The van der Waals surface area contributed by atoms with Gasteiger partial charge >= 0.3 is 0 Å². The summed E-state index contributed by atoms with van der Waals surface area (Å²) in [6.07, 6.45) is 0.305. The summed E-state index contributed by atoms with van der Waals surface area (Å²) in [5, 5.41) is 3.31. The van der Waals surface area contributed by atoms with Crippen molar-refractivity contribution >= 4 is 42.3 Å². The minimum absolute atomic E-state index is 0. The Kier molecular flexibility index (Phi) is 10.9. The number of nitrogens with two attached hydrogens (primary N) is 1. The first kappa shape index (κ1) is 17.9. The third kappa shape index (κ3) is 6.18. The Bertz CT molecular complexity index is 321. The predicted molar refractivity (Wildman–Crippen MR) is 71.7 cm³/mol. The third-order valence-electron chi connectivity index (χ3n) is 1.78. The van der Waals surface area contributed by atoms with E-state index in [-0.39, 0.29) is 30.7 Å². The number of halogens is 3. The average molecular weight is 286 g/mol. The molecular weight excluding hydrogens is 270 g/mol. The first-order chi connectivity index (χ1) is 6.74. The van der Waals surface area contributed by atoms with Gasteiger partial charge in [-0.05, 0) is 11.6 Å². The second-order valence-corrected chi connectivity index (χ2v) is 3.31. The molecule has 1 rings (SSSR count). The lowest BCUT2D eigenvalue weighted by molar-refractivity contribution is -0.120. The molecule has 0 aromatic heterocycles. The van der Waals surface area contributed by atoms with Crippen molar-refractivity contribution in [2.75, 3.05) is 13.1 Å². The Labute approximate surface area is 113 Å². The van der Waals surface area contributed by atoms with Gasteiger partial charge < -0.3 is 11.1 Å². The quantitative estimate of drug-likeness (QED) is 0.886. The lowest BCUT2D eigenvalue weighted by atomic mass is 10.1. The van der Waals surface area contributed by atoms with Gasteiger partial charge in [0.25, 0.3) is 0 Å². The highest BCUT2D eigenvalue weighted by atomic mass is 35.5. The summed E-state index contributed by atoms with van der Waals surface area (Å²) in [7, 11) is 0. The van der Waals surface area contributed by atoms with Crippen LogP contribution >= 0.6 is 36.4 Å². The number of hydrogen-bond donors (Lipinski definition) is 2. The highest BCUT2D eigenvalue weighted by Crippen LogP contribution is 2.14. The number of amides is 1. The van der Waals surface area contributed by atoms with Crippen LogP contribution in [0.25, 0.3) is 0 Å². The van der Waals surface area contributed by atoms with Crippen molar-refractivity contribution in [3.8, 4) is 0 Å². The lowest BCUT2D eigenvalue weighted by Gasteiger charge is -2.04. The molecule has 0 saturated carbocycles. The molecule has 0 aliphatic rings. The zero-order valence-corrected chi connectivity index (χ0v) is 11.0. The molecule has 0 aliphatic carbocycles. The van der Waals surface area contributed by atoms with Gasteiger partial charge in [0.2, 0.25) is 5.91 Å². The molecule has 0 spiro atoms. The normalized spacial score (nSPS) is 8.62. The number of carbonyl (C=O) groups excluding carboxylic acids is 1. The van der Waals surface area contributed by atoms with E-state index in [1.54, 1.807) is 6.07 Å². The number of carbonyl (C=O) groups is 1. The van der Waals surface area contributed by atoms with Crippen LogP contribution in [-0.4, -0.2) is 19.0 Å². The van der Waals surface area contributed by atoms with E-state index in [0.717, 1.165) is 5.56 Å². The van der Waals surface area contributed by atoms with Crippen LogP contribution in [0.1, 0.15) is 5.56 Å². The van der Waals surface area contributed by atoms with Crippen LogP contribution < -0.4 is 11.1 Å². The number of rotatable bonds is 4. The first-order valence-corrected chi connectivity index (χ1v) is 4.82. The molecule has 3 nitrogen and oxygen atoms in total. The number of benzene rings is 1. The van der Waals surface area contributed by atoms with Crippen LogP contribution in [0.2, 0.25) is 5.02 Å². The number of nitrogens with one attached hydrogen (secondary N) is 1. The van der Waals surface area contributed by atoms with E-state index < -0.39 is 0 Å². The standard InChI is InChI=1S/C10H13ClN2O.2ClH/c11-9-4-2-1-3-8(9)7-10(14)13-6-5-12;;/h1-4H,5-7,12H2,(H,13,14);2*1H. The molecular formula is C10H15Cl3N2O. The second-order valence-electron chi connectivity index (χ2n) is 2.91. The highest BCUT2D eigenvalue weighted by Gasteiger charge is 2.04. The van der Waals surface area contributed by atoms with Gasteiger partial charge in [-0.25, -0.2) is 0 Å². The van der Waals surface area contributed by atoms with Gasteiger partial charge in [-0.15, -0.1) is 24.8 Å². The fraction of sp³-hybridized carbons (Fsp3) is 0.300. The largest absolute Gasteiger partial charge is 0.355 e. The second kappa shape index (κ2) is 9.73. The maximum atomic E-state index is 11.3. The summed E-state index contributed by atoms with van der Waals surface area (Å²) in [4.78, 5) is 11.3. The Morgan fingerprint density at radius 1 is 1.31 bits per heavy atom. The van der Waals surface area contributed by atoms with Crippen LogP contribution in [0.3, 0.4) is 0 Å². The van der Waals surface area contributed by atoms with Crippen molar-refractivity contribution in [1.82, 2.24) is 5.32 Å². The summed E-state index contributed by atoms with van der Waals surface area (Å²) in [6.45, 7) is 0.956. The molecule has 0 unspecified atom stereocenters. The van der Waals surface area contributed by atoms with Crippen LogP contribution in [0.5, 0.6) is 0 Å². The molecule has 0 saturated heterocycles. The summed E-state index contributed by atoms with van der Waals surface area (Å²) in [5.41, 5.74) is 6.10. The zero-order valence-electron chi connectivity index (χ0n) is 8.61. The van der Waals surface area contributed by atoms with E-state index in [4.69, 9.17) is 17.3 Å². The summed E-state index contributed by atoms with van der Waals surface area (Å²) >= 11 is 5.90. The molecule has 0 atom stereocenters. The zero-order chi connectivity index (χ0) is 10.4. The van der Waals surface area contributed by atoms with E-state index in [1.807, 2.05) is 18.2 Å². The average Bonchev–Trinajstić information content (AvgIpc) is 2.18. The monoisotopic (exact) mass is 284 g/mol. The van der Waals surface area contributed by atoms with Crippen molar-refractivity contribution in [3.05, 3.63) is 34.9 Å². The van der Waals surface area contributed by atoms with Gasteiger partial charge in [0, 0.05) is 18.1 Å². The number of hydrogen-bond acceptors (Lipinski definition) is 2. The molecule has 16 heavy (non-hydrogen) atoms. The predicted octanol–water partition coefficient (Wildman–Crippen LogP) is 1.80.